The van der Waals surface area contributed by atoms with Crippen LogP contribution < -0.4 is 21.4 Å². The first-order chi connectivity index (χ1) is 33.8. The fourth-order valence-corrected chi connectivity index (χ4v) is 10.7. The van der Waals surface area contributed by atoms with Crippen molar-refractivity contribution in [2.75, 3.05) is 7.11 Å². The van der Waals surface area contributed by atoms with E-state index in [0.29, 0.717) is 19.9 Å². The third-order valence-corrected chi connectivity index (χ3v) is 13.8. The molecule has 0 N–H and O–H groups in total. The van der Waals surface area contributed by atoms with Crippen LogP contribution in [0.4, 0.5) is 0 Å². The molecule has 0 aliphatic rings. The molecule has 0 atom stereocenters. The molecule has 14 heteroatoms. The van der Waals surface area contributed by atoms with E-state index in [2.05, 4.69) is 31.5 Å². The molecule has 69 heavy (non-hydrogen) atoms. The molecule has 0 aliphatic carbocycles. The zero-order valence-electron chi connectivity index (χ0n) is 36.5. The lowest BCUT2D eigenvalue weighted by Gasteiger charge is -2.09. The molecule has 12 rings (SSSR count). The largest absolute Gasteiger partial charge is 0.497 e. The van der Waals surface area contributed by atoms with Crippen LogP contribution in [0.25, 0.3) is 82.4 Å². The van der Waals surface area contributed by atoms with Crippen molar-refractivity contribution in [3.05, 3.63) is 240 Å². The van der Waals surface area contributed by atoms with Crippen molar-refractivity contribution >= 4 is 60.5 Å². The van der Waals surface area contributed by atoms with Gasteiger partial charge in [0.2, 0.25) is 0 Å². The minimum atomic E-state index is -0.228. The van der Waals surface area contributed by atoms with E-state index < -0.39 is 0 Å². The number of fused-ring (bicyclic) bond motifs is 3. The van der Waals surface area contributed by atoms with Gasteiger partial charge in [0.1, 0.15) is 5.75 Å². The quantitative estimate of drug-likeness (QED) is 0.156. The zero-order chi connectivity index (χ0) is 47.3. The van der Waals surface area contributed by atoms with Gasteiger partial charge in [0.15, 0.2) is 14.9 Å². The van der Waals surface area contributed by atoms with Crippen molar-refractivity contribution in [2.24, 2.45) is 0 Å². The second-order valence-electron chi connectivity index (χ2n) is 15.4. The van der Waals surface area contributed by atoms with Crippen molar-refractivity contribution in [3.8, 4) is 73.3 Å². The van der Waals surface area contributed by atoms with Gasteiger partial charge in [0, 0.05) is 39.4 Å². The van der Waals surface area contributed by atoms with Gasteiger partial charge in [-0.25, -0.2) is 0 Å². The average Bonchev–Trinajstić information content (AvgIpc) is 4.15. The Labute approximate surface area is 411 Å². The van der Waals surface area contributed by atoms with Crippen molar-refractivity contribution in [2.45, 2.75) is 0 Å². The lowest BCUT2D eigenvalue weighted by molar-refractivity contribution is 0.415. The van der Waals surface area contributed by atoms with Gasteiger partial charge in [-0.15, -0.1) is 34.0 Å². The van der Waals surface area contributed by atoms with Gasteiger partial charge < -0.3 is 4.74 Å². The van der Waals surface area contributed by atoms with Crippen LogP contribution in [-0.2, 0) is 0 Å². The van der Waals surface area contributed by atoms with Gasteiger partial charge in [0.05, 0.1) is 41.3 Å². The fourth-order valence-electron chi connectivity index (χ4n) is 7.85. The summed E-state index contributed by atoms with van der Waals surface area (Å²) >= 11 is 10.4. The summed E-state index contributed by atoms with van der Waals surface area (Å²) in [6.45, 7) is 0. The van der Waals surface area contributed by atoms with E-state index in [1.807, 2.05) is 183 Å². The van der Waals surface area contributed by atoms with E-state index in [0.717, 1.165) is 73.3 Å². The Morgan fingerprint density at radius 2 is 0.652 bits per heavy atom. The lowest BCUT2D eigenvalue weighted by atomic mass is 10.1. The summed E-state index contributed by atoms with van der Waals surface area (Å²) in [7, 11) is 1.65. The maximum absolute atomic E-state index is 12.0. The Bertz CT molecular complexity index is 3890. The van der Waals surface area contributed by atoms with E-state index in [-0.39, 0.29) is 16.7 Å². The number of hydrogen-bond acceptors (Lipinski definition) is 10. The average molecular weight is 978 g/mol. The molecule has 0 amide bonds. The molecule has 12 aromatic rings. The van der Waals surface area contributed by atoms with E-state index in [1.165, 1.54) is 34.0 Å². The van der Waals surface area contributed by atoms with Crippen molar-refractivity contribution in [3.63, 3.8) is 0 Å². The Kier molecular flexibility index (Phi) is 13.0. The van der Waals surface area contributed by atoms with Gasteiger partial charge in [-0.2, -0.15) is 15.0 Å². The number of rotatable bonds is 7. The summed E-state index contributed by atoms with van der Waals surface area (Å²) in [5.41, 5.74) is 11.1. The molecule has 0 unspecified atom stereocenters. The molecular weight excluding hydrogens is 940 g/mol. The van der Waals surface area contributed by atoms with Crippen LogP contribution in [0.1, 0.15) is 0 Å². The monoisotopic (exact) mass is 976 g/mol. The summed E-state index contributed by atoms with van der Waals surface area (Å²) < 4.78 is 11.3. The SMILES string of the molecule is COc1ccc(-c2csc3nc(=O)cc(-c4ccccc4)n23)cc1.O=c1cc(-c2ccccc2)n2c(-c3ccc(Cl)cc3)csc2n1.O=c1cc(-c2ccccc2)n2c(-c3ccccc3)csc2n1. The Morgan fingerprint density at radius 3 is 0.957 bits per heavy atom. The van der Waals surface area contributed by atoms with Gasteiger partial charge in [0.25, 0.3) is 16.7 Å². The zero-order valence-corrected chi connectivity index (χ0v) is 39.8. The lowest BCUT2D eigenvalue weighted by Crippen LogP contribution is -2.08. The summed E-state index contributed by atoms with van der Waals surface area (Å²) in [6, 6.07) is 60.1. The van der Waals surface area contributed by atoms with Gasteiger partial charge >= 0.3 is 0 Å². The second-order valence-corrected chi connectivity index (χ2v) is 18.3. The Balaban J connectivity index is 0.000000120. The van der Waals surface area contributed by atoms with Crippen molar-refractivity contribution < 1.29 is 4.74 Å². The topological polar surface area (TPSA) is 112 Å². The first kappa shape index (κ1) is 44.7. The van der Waals surface area contributed by atoms with E-state index in [4.69, 9.17) is 16.3 Å². The molecule has 0 aliphatic heterocycles. The molecule has 0 saturated carbocycles. The van der Waals surface area contributed by atoms with Crippen LogP contribution >= 0.6 is 45.6 Å². The number of benzene rings is 6. The van der Waals surface area contributed by atoms with Crippen LogP contribution in [0.15, 0.2) is 219 Å². The second kappa shape index (κ2) is 20.0. The van der Waals surface area contributed by atoms with Crippen LogP contribution in [0.2, 0.25) is 5.02 Å². The van der Waals surface area contributed by atoms with E-state index in [1.54, 1.807) is 25.3 Å². The Morgan fingerprint density at radius 1 is 0.377 bits per heavy atom. The summed E-state index contributed by atoms with van der Waals surface area (Å²) in [6.07, 6.45) is 0. The molecule has 6 aromatic heterocycles. The Hall–Kier alpha value is -8.07. The molecular formula is C55H37ClN6O4S3. The highest BCUT2D eigenvalue weighted by atomic mass is 35.5. The highest BCUT2D eigenvalue weighted by molar-refractivity contribution is 7.16. The summed E-state index contributed by atoms with van der Waals surface area (Å²) in [5.74, 6) is 0.812. The summed E-state index contributed by atoms with van der Waals surface area (Å²) in [4.78, 5) is 50.3. The molecule has 336 valence electrons. The van der Waals surface area contributed by atoms with E-state index >= 15 is 0 Å². The van der Waals surface area contributed by atoms with Crippen LogP contribution in [0, 0.1) is 0 Å². The van der Waals surface area contributed by atoms with Crippen molar-refractivity contribution in [1.29, 1.82) is 0 Å². The molecule has 6 aromatic carbocycles. The number of ether oxygens (including phenoxy) is 1. The number of nitrogens with zero attached hydrogens (tertiary/aromatic N) is 6. The standard InChI is InChI=1S/C19H14N2O2S.C18H11ClN2OS.C18H12N2OS/c1-23-15-9-7-14(8-10-15)17-12-24-19-20-18(22)11-16(21(17)19)13-5-3-2-4-6-13;19-14-8-6-13(7-9-14)16-11-23-18-20-17(22)10-15(21(16)18)12-4-2-1-3-5-12;21-17-11-15(13-7-3-1-4-8-13)20-16(12-22-18(20)19-17)14-9-5-2-6-10-14/h2-12H,1H3;1-11H;1-12H. The third-order valence-electron chi connectivity index (χ3n) is 11.0. The molecule has 0 spiro atoms. The highest BCUT2D eigenvalue weighted by Crippen LogP contribution is 2.33. The highest BCUT2D eigenvalue weighted by Gasteiger charge is 2.16. The maximum atomic E-state index is 12.0. The molecule has 0 bridgehead atoms. The molecule has 0 radical (unpaired) electrons. The van der Waals surface area contributed by atoms with E-state index in [9.17, 15) is 14.4 Å². The van der Waals surface area contributed by atoms with Crippen molar-refractivity contribution in [1.82, 2.24) is 28.2 Å². The predicted octanol–water partition coefficient (Wildman–Crippen LogP) is 12.9. The third kappa shape index (κ3) is 9.57. The molecule has 10 nitrogen and oxygen atoms in total. The molecule has 0 fully saturated rings. The van der Waals surface area contributed by atoms with Crippen LogP contribution in [-0.4, -0.2) is 35.3 Å². The first-order valence-electron chi connectivity index (χ1n) is 21.5. The fraction of sp³-hybridized carbons (Fsp3) is 0.0182. The van der Waals surface area contributed by atoms with Gasteiger partial charge in [-0.3, -0.25) is 27.6 Å². The number of methoxy groups -OCH3 is 1. The number of thiazole rings is 3. The number of hydrogen-bond donors (Lipinski definition) is 0. The first-order valence-corrected chi connectivity index (χ1v) is 24.5. The minimum Gasteiger partial charge on any atom is -0.497 e. The number of halogens is 1. The maximum Gasteiger partial charge on any atom is 0.274 e. The smallest absolute Gasteiger partial charge is 0.274 e. The molecule has 6 heterocycles. The van der Waals surface area contributed by atoms with Gasteiger partial charge in [-0.05, 0) is 69.8 Å². The van der Waals surface area contributed by atoms with Gasteiger partial charge in [-0.1, -0.05) is 145 Å². The number of aromatic nitrogens is 6. The molecule has 0 saturated heterocycles. The predicted molar refractivity (Wildman–Crippen MR) is 282 cm³/mol. The minimum absolute atomic E-state index is 0.208. The van der Waals surface area contributed by atoms with Crippen LogP contribution in [0.3, 0.4) is 0 Å². The normalized spacial score (nSPS) is 10.9. The summed E-state index contributed by atoms with van der Waals surface area (Å²) in [5, 5.41) is 6.78. The van der Waals surface area contributed by atoms with Crippen LogP contribution in [0.5, 0.6) is 5.75 Å².